The van der Waals surface area contributed by atoms with Gasteiger partial charge in [-0.05, 0) is 24.4 Å². The van der Waals surface area contributed by atoms with Crippen LogP contribution < -0.4 is 5.56 Å². The molecule has 0 spiro atoms. The fourth-order valence-corrected chi connectivity index (χ4v) is 3.10. The molecule has 0 saturated carbocycles. The molecule has 2 N–H and O–H groups in total. The van der Waals surface area contributed by atoms with E-state index in [1.54, 1.807) is 5.38 Å². The van der Waals surface area contributed by atoms with Crippen LogP contribution in [0.2, 0.25) is 0 Å². The molecule has 1 saturated heterocycles. The van der Waals surface area contributed by atoms with Crippen LogP contribution in [0.15, 0.2) is 16.5 Å². The lowest BCUT2D eigenvalue weighted by molar-refractivity contribution is -0.0304. The van der Waals surface area contributed by atoms with Gasteiger partial charge in [0.1, 0.15) is 5.52 Å². The maximum Gasteiger partial charge on any atom is 0.407 e. The Bertz CT molecular complexity index is 732. The number of amides is 1. The number of aromatic nitrogens is 3. The molecule has 0 atom stereocenters. The largest absolute Gasteiger partial charge is 0.465 e. The highest BCUT2D eigenvalue weighted by Gasteiger charge is 2.34. The molecule has 1 aliphatic rings. The minimum Gasteiger partial charge on any atom is -0.465 e. The fourth-order valence-electron chi connectivity index (χ4n) is 2.49. The van der Waals surface area contributed by atoms with Gasteiger partial charge in [0.25, 0.3) is 5.56 Å². The van der Waals surface area contributed by atoms with Crippen molar-refractivity contribution in [2.24, 2.45) is 0 Å². The van der Waals surface area contributed by atoms with Gasteiger partial charge in [0.05, 0.1) is 18.5 Å². The van der Waals surface area contributed by atoms with Crippen molar-refractivity contribution in [3.8, 4) is 0 Å². The van der Waals surface area contributed by atoms with Gasteiger partial charge in [-0.2, -0.15) is 4.37 Å². The molecular weight excluding hydrogens is 296 g/mol. The highest BCUT2D eigenvalue weighted by Crippen LogP contribution is 2.23. The molecule has 8 nitrogen and oxygen atoms in total. The van der Waals surface area contributed by atoms with Crippen LogP contribution in [0.4, 0.5) is 4.79 Å². The summed E-state index contributed by atoms with van der Waals surface area (Å²) in [7, 11) is 0. The molecule has 1 amide bonds. The van der Waals surface area contributed by atoms with Crippen LogP contribution in [0, 0.1) is 0 Å². The Morgan fingerprint density at radius 1 is 1.43 bits per heavy atom. The molecule has 3 rings (SSSR count). The summed E-state index contributed by atoms with van der Waals surface area (Å²) >= 11 is 1.16. The van der Waals surface area contributed by atoms with E-state index >= 15 is 0 Å². The highest BCUT2D eigenvalue weighted by atomic mass is 32.1. The first-order chi connectivity index (χ1) is 9.98. The van der Waals surface area contributed by atoms with E-state index in [0.29, 0.717) is 23.9 Å². The second-order valence-electron chi connectivity index (χ2n) is 5.22. The molecule has 1 aliphatic heterocycles. The Kier molecular flexibility index (Phi) is 3.38. The maximum atomic E-state index is 12.2. The van der Waals surface area contributed by atoms with E-state index in [4.69, 9.17) is 5.11 Å². The quantitative estimate of drug-likeness (QED) is 0.829. The summed E-state index contributed by atoms with van der Waals surface area (Å²) in [6.45, 7) is 0.611. The lowest BCUT2D eigenvalue weighted by Crippen LogP contribution is -2.49. The maximum absolute atomic E-state index is 12.2. The van der Waals surface area contributed by atoms with Crippen molar-refractivity contribution in [2.45, 2.75) is 25.0 Å². The SMILES string of the molecule is O=C(O)N1CCC(O)(Cn2cnc3csnc3c2=O)CC1. The van der Waals surface area contributed by atoms with Crippen LogP contribution in [0.3, 0.4) is 0 Å². The first-order valence-corrected chi connectivity index (χ1v) is 7.32. The van der Waals surface area contributed by atoms with Gasteiger partial charge in [-0.1, -0.05) is 0 Å². The van der Waals surface area contributed by atoms with Crippen LogP contribution in [0.5, 0.6) is 0 Å². The molecule has 2 aromatic heterocycles. The molecule has 2 aromatic rings. The van der Waals surface area contributed by atoms with Crippen LogP contribution in [-0.4, -0.2) is 53.8 Å². The zero-order valence-electron chi connectivity index (χ0n) is 11.1. The average Bonchev–Trinajstić information content (AvgIpc) is 2.91. The van der Waals surface area contributed by atoms with Gasteiger partial charge in [-0.3, -0.25) is 9.36 Å². The highest BCUT2D eigenvalue weighted by molar-refractivity contribution is 7.04. The molecule has 0 aliphatic carbocycles. The van der Waals surface area contributed by atoms with Gasteiger partial charge >= 0.3 is 6.09 Å². The Morgan fingerprint density at radius 3 is 2.81 bits per heavy atom. The third-order valence-corrected chi connectivity index (χ3v) is 4.40. The topological polar surface area (TPSA) is 109 Å². The van der Waals surface area contributed by atoms with E-state index in [1.165, 1.54) is 15.8 Å². The number of hydrogen-bond acceptors (Lipinski definition) is 6. The monoisotopic (exact) mass is 310 g/mol. The van der Waals surface area contributed by atoms with Crippen LogP contribution in [0.25, 0.3) is 11.0 Å². The summed E-state index contributed by atoms with van der Waals surface area (Å²) in [6, 6.07) is 0. The molecule has 21 heavy (non-hydrogen) atoms. The van der Waals surface area contributed by atoms with Crippen molar-refractivity contribution in [1.29, 1.82) is 0 Å². The molecule has 9 heteroatoms. The van der Waals surface area contributed by atoms with Crippen molar-refractivity contribution >= 4 is 28.7 Å². The zero-order chi connectivity index (χ0) is 15.0. The number of hydrogen-bond donors (Lipinski definition) is 2. The lowest BCUT2D eigenvalue weighted by atomic mass is 9.91. The summed E-state index contributed by atoms with van der Waals surface area (Å²) < 4.78 is 5.35. The summed E-state index contributed by atoms with van der Waals surface area (Å²) in [6.07, 6.45) is 1.00. The number of nitrogens with zero attached hydrogens (tertiary/aromatic N) is 4. The normalized spacial score (nSPS) is 18.0. The minimum absolute atomic E-state index is 0.0970. The number of rotatable bonds is 2. The van der Waals surface area contributed by atoms with E-state index in [1.807, 2.05) is 0 Å². The fraction of sp³-hybridized carbons (Fsp3) is 0.500. The van der Waals surface area contributed by atoms with E-state index in [-0.39, 0.29) is 25.2 Å². The predicted molar refractivity (Wildman–Crippen MR) is 75.5 cm³/mol. The third kappa shape index (κ3) is 2.61. The number of aliphatic hydroxyl groups is 1. The third-order valence-electron chi connectivity index (χ3n) is 3.78. The molecule has 1 fully saturated rings. The van der Waals surface area contributed by atoms with E-state index in [0.717, 1.165) is 11.5 Å². The van der Waals surface area contributed by atoms with Gasteiger partial charge in [-0.25, -0.2) is 9.78 Å². The van der Waals surface area contributed by atoms with E-state index < -0.39 is 11.7 Å². The molecule has 3 heterocycles. The Morgan fingerprint density at radius 2 is 2.14 bits per heavy atom. The molecule has 0 aromatic carbocycles. The Hall–Kier alpha value is -2.00. The van der Waals surface area contributed by atoms with E-state index in [2.05, 4.69) is 9.36 Å². The predicted octanol–water partition coefficient (Wildman–Crippen LogP) is 0.358. The lowest BCUT2D eigenvalue weighted by Gasteiger charge is -2.37. The second kappa shape index (κ2) is 5.08. The van der Waals surface area contributed by atoms with Gasteiger partial charge < -0.3 is 15.1 Å². The number of likely N-dealkylation sites (tertiary alicyclic amines) is 1. The first-order valence-electron chi connectivity index (χ1n) is 6.48. The second-order valence-corrected chi connectivity index (χ2v) is 5.85. The standard InChI is InChI=1S/C12H14N4O4S/c17-10-9-8(5-21-14-9)13-7-16(10)6-12(20)1-3-15(4-2-12)11(18)19/h5,7,20H,1-4,6H2,(H,18,19). The molecule has 0 bridgehead atoms. The van der Waals surface area contributed by atoms with E-state index in [9.17, 15) is 14.7 Å². The molecule has 0 radical (unpaired) electrons. The van der Waals surface area contributed by atoms with Gasteiger partial charge in [0, 0.05) is 18.5 Å². The zero-order valence-corrected chi connectivity index (χ0v) is 11.9. The van der Waals surface area contributed by atoms with Crippen LogP contribution in [-0.2, 0) is 6.54 Å². The molecule has 112 valence electrons. The van der Waals surface area contributed by atoms with Crippen molar-refractivity contribution in [3.05, 3.63) is 22.1 Å². The Balaban J connectivity index is 1.80. The molecule has 0 unspecified atom stereocenters. The first kappa shape index (κ1) is 14.0. The number of fused-ring (bicyclic) bond motifs is 1. The Labute approximate surface area is 123 Å². The molecular formula is C12H14N4O4S. The average molecular weight is 310 g/mol. The van der Waals surface area contributed by atoms with Gasteiger partial charge in [-0.15, -0.1) is 0 Å². The summed E-state index contributed by atoms with van der Waals surface area (Å²) in [5.74, 6) is 0. The van der Waals surface area contributed by atoms with Gasteiger partial charge in [0.2, 0.25) is 0 Å². The number of carboxylic acid groups (broad SMARTS) is 1. The minimum atomic E-state index is -1.10. The van der Waals surface area contributed by atoms with Gasteiger partial charge in [0.15, 0.2) is 5.52 Å². The summed E-state index contributed by atoms with van der Waals surface area (Å²) in [5.41, 5.74) is -0.528. The van der Waals surface area contributed by atoms with Crippen molar-refractivity contribution < 1.29 is 15.0 Å². The van der Waals surface area contributed by atoms with Crippen molar-refractivity contribution in [1.82, 2.24) is 18.8 Å². The van der Waals surface area contributed by atoms with Crippen molar-refractivity contribution in [2.75, 3.05) is 13.1 Å². The number of carbonyl (C=O) groups is 1. The summed E-state index contributed by atoms with van der Waals surface area (Å²) in [4.78, 5) is 28.5. The summed E-state index contributed by atoms with van der Waals surface area (Å²) in [5, 5.41) is 21.2. The van der Waals surface area contributed by atoms with Crippen LogP contribution >= 0.6 is 11.5 Å². The smallest absolute Gasteiger partial charge is 0.407 e. The number of piperidine rings is 1. The van der Waals surface area contributed by atoms with Crippen molar-refractivity contribution in [3.63, 3.8) is 0 Å². The van der Waals surface area contributed by atoms with Crippen LogP contribution in [0.1, 0.15) is 12.8 Å².